The van der Waals surface area contributed by atoms with Crippen molar-refractivity contribution in [3.05, 3.63) is 23.9 Å². The van der Waals surface area contributed by atoms with Crippen LogP contribution in [0.3, 0.4) is 0 Å². The number of piperidine rings is 2. The number of nitrogens with two attached hydrogens (primary N) is 1. The van der Waals surface area contributed by atoms with Crippen LogP contribution < -0.4 is 16.0 Å². The van der Waals surface area contributed by atoms with Crippen molar-refractivity contribution in [3.8, 4) is 0 Å². The highest BCUT2D eigenvalue weighted by atomic mass is 16.5. The smallest absolute Gasteiger partial charge is 0.309 e. The van der Waals surface area contributed by atoms with E-state index in [2.05, 4.69) is 33.1 Å². The Hall–Kier alpha value is -2.84. The molecule has 3 N–H and O–H groups in total. The number of aromatic nitrogens is 1. The number of nitrogens with zero attached hydrogens (tertiary/aromatic N) is 4. The summed E-state index contributed by atoms with van der Waals surface area (Å²) in [5, 5.41) is 3.38. The number of anilines is 1. The first-order valence-electron chi connectivity index (χ1n) is 11.7. The number of amides is 1. The van der Waals surface area contributed by atoms with E-state index < -0.39 is 0 Å². The fourth-order valence-electron chi connectivity index (χ4n) is 4.39. The number of pyridine rings is 1. The zero-order chi connectivity index (χ0) is 22.9. The number of rotatable bonds is 7. The van der Waals surface area contributed by atoms with Crippen molar-refractivity contribution in [1.29, 1.82) is 0 Å². The number of nitrogens with one attached hydrogen (secondary N) is 1. The summed E-state index contributed by atoms with van der Waals surface area (Å²) < 4.78 is 5.18. The Bertz CT molecular complexity index is 799. The van der Waals surface area contributed by atoms with Gasteiger partial charge in [0, 0.05) is 50.4 Å². The predicted molar refractivity (Wildman–Crippen MR) is 124 cm³/mol. The molecule has 2 aliphatic rings. The molecular formula is C23H36N6O3. The number of guanidine groups is 1. The molecule has 0 spiro atoms. The second-order valence-corrected chi connectivity index (χ2v) is 8.33. The van der Waals surface area contributed by atoms with Crippen LogP contribution in [0.5, 0.6) is 0 Å². The molecule has 0 aliphatic carbocycles. The number of esters is 1. The molecule has 3 rings (SSSR count). The topological polar surface area (TPSA) is 113 Å². The minimum atomic E-state index is -0.211. The summed E-state index contributed by atoms with van der Waals surface area (Å²) in [4.78, 5) is 37.4. The Balaban J connectivity index is 1.65. The molecule has 9 heteroatoms. The van der Waals surface area contributed by atoms with Gasteiger partial charge in [-0.15, -0.1) is 0 Å². The van der Waals surface area contributed by atoms with Crippen LogP contribution in [0.4, 0.5) is 5.82 Å². The van der Waals surface area contributed by atoms with Gasteiger partial charge in [-0.1, -0.05) is 6.07 Å². The summed E-state index contributed by atoms with van der Waals surface area (Å²) >= 11 is 0. The van der Waals surface area contributed by atoms with E-state index in [9.17, 15) is 9.59 Å². The van der Waals surface area contributed by atoms with E-state index in [0.29, 0.717) is 13.2 Å². The maximum Gasteiger partial charge on any atom is 0.309 e. The van der Waals surface area contributed by atoms with Gasteiger partial charge in [0.2, 0.25) is 5.91 Å². The molecule has 0 unspecified atom stereocenters. The first kappa shape index (κ1) is 23.8. The molecule has 1 aromatic rings. The average Bonchev–Trinajstić information content (AvgIpc) is 2.82. The number of primary amides is 1. The average molecular weight is 445 g/mol. The first-order valence-corrected chi connectivity index (χ1v) is 11.7. The van der Waals surface area contributed by atoms with Gasteiger partial charge in [0.05, 0.1) is 19.1 Å². The molecule has 3 heterocycles. The van der Waals surface area contributed by atoms with Crippen molar-refractivity contribution in [1.82, 2.24) is 15.2 Å². The van der Waals surface area contributed by atoms with Crippen molar-refractivity contribution >= 4 is 23.7 Å². The second kappa shape index (κ2) is 11.7. The lowest BCUT2D eigenvalue weighted by Crippen LogP contribution is -2.46. The SMILES string of the molecule is CCNC(=NCc1cccnc1N1CCC(C(N)=O)CC1)N1CCC(C(=O)OCC)CC1. The molecule has 0 radical (unpaired) electrons. The summed E-state index contributed by atoms with van der Waals surface area (Å²) in [5.41, 5.74) is 6.53. The Morgan fingerprint density at radius 1 is 1.16 bits per heavy atom. The maximum absolute atomic E-state index is 12.0. The van der Waals surface area contributed by atoms with Crippen molar-refractivity contribution in [2.45, 2.75) is 46.1 Å². The summed E-state index contributed by atoms with van der Waals surface area (Å²) in [6.07, 6.45) is 4.86. The van der Waals surface area contributed by atoms with Crippen LogP contribution in [0.1, 0.15) is 45.1 Å². The van der Waals surface area contributed by atoms with E-state index in [0.717, 1.165) is 75.7 Å². The number of hydrogen-bond donors (Lipinski definition) is 2. The monoisotopic (exact) mass is 444 g/mol. The molecule has 0 bridgehead atoms. The van der Waals surface area contributed by atoms with E-state index in [1.807, 2.05) is 13.0 Å². The van der Waals surface area contributed by atoms with Gasteiger partial charge in [0.15, 0.2) is 5.96 Å². The van der Waals surface area contributed by atoms with Gasteiger partial charge in [-0.25, -0.2) is 9.98 Å². The minimum Gasteiger partial charge on any atom is -0.466 e. The molecule has 2 aliphatic heterocycles. The molecule has 0 saturated carbocycles. The van der Waals surface area contributed by atoms with Crippen LogP contribution in [0.15, 0.2) is 23.3 Å². The Labute approximate surface area is 190 Å². The maximum atomic E-state index is 12.0. The highest BCUT2D eigenvalue weighted by molar-refractivity contribution is 5.81. The van der Waals surface area contributed by atoms with E-state index >= 15 is 0 Å². The Morgan fingerprint density at radius 2 is 1.84 bits per heavy atom. The van der Waals surface area contributed by atoms with Gasteiger partial charge < -0.3 is 25.6 Å². The van der Waals surface area contributed by atoms with E-state index in [-0.39, 0.29) is 23.7 Å². The van der Waals surface area contributed by atoms with Gasteiger partial charge >= 0.3 is 5.97 Å². The quantitative estimate of drug-likeness (QED) is 0.372. The van der Waals surface area contributed by atoms with Gasteiger partial charge in [-0.05, 0) is 45.6 Å². The van der Waals surface area contributed by atoms with E-state index in [4.69, 9.17) is 15.5 Å². The fourth-order valence-corrected chi connectivity index (χ4v) is 4.39. The molecular weight excluding hydrogens is 408 g/mol. The third kappa shape index (κ3) is 6.11. The lowest BCUT2D eigenvalue weighted by Gasteiger charge is -2.34. The number of carbonyl (C=O) groups excluding carboxylic acids is 2. The molecule has 0 atom stereocenters. The predicted octanol–water partition coefficient (Wildman–Crippen LogP) is 1.52. The Kier molecular flexibility index (Phi) is 8.70. The largest absolute Gasteiger partial charge is 0.466 e. The summed E-state index contributed by atoms with van der Waals surface area (Å²) in [6, 6.07) is 3.99. The van der Waals surface area contributed by atoms with Gasteiger partial charge in [-0.2, -0.15) is 0 Å². The zero-order valence-electron chi connectivity index (χ0n) is 19.3. The highest BCUT2D eigenvalue weighted by Crippen LogP contribution is 2.25. The Morgan fingerprint density at radius 3 is 2.47 bits per heavy atom. The molecule has 32 heavy (non-hydrogen) atoms. The van der Waals surface area contributed by atoms with Gasteiger partial charge in [0.1, 0.15) is 5.82 Å². The molecule has 176 valence electrons. The van der Waals surface area contributed by atoms with Crippen molar-refractivity contribution in [3.63, 3.8) is 0 Å². The van der Waals surface area contributed by atoms with E-state index in [1.54, 1.807) is 6.20 Å². The summed E-state index contributed by atoms with van der Waals surface area (Å²) in [7, 11) is 0. The molecule has 2 fully saturated rings. The van der Waals surface area contributed by atoms with Crippen LogP contribution in [0, 0.1) is 11.8 Å². The number of hydrogen-bond acceptors (Lipinski definition) is 6. The third-order valence-electron chi connectivity index (χ3n) is 6.21. The summed E-state index contributed by atoms with van der Waals surface area (Å²) in [6.45, 7) is 8.69. The van der Waals surface area contributed by atoms with Gasteiger partial charge in [-0.3, -0.25) is 9.59 Å². The number of likely N-dealkylation sites (tertiary alicyclic amines) is 1. The number of ether oxygens (including phenoxy) is 1. The number of carbonyl (C=O) groups is 2. The van der Waals surface area contributed by atoms with Crippen LogP contribution in [0.25, 0.3) is 0 Å². The lowest BCUT2D eigenvalue weighted by molar-refractivity contribution is -0.149. The fraction of sp³-hybridized carbons (Fsp3) is 0.652. The minimum absolute atomic E-state index is 0.0256. The van der Waals surface area contributed by atoms with Crippen molar-refractivity contribution in [2.75, 3.05) is 44.2 Å². The first-order chi connectivity index (χ1) is 15.5. The molecule has 1 amide bonds. The zero-order valence-corrected chi connectivity index (χ0v) is 19.3. The van der Waals surface area contributed by atoms with Crippen molar-refractivity contribution < 1.29 is 14.3 Å². The van der Waals surface area contributed by atoms with Crippen LogP contribution in [-0.2, 0) is 20.9 Å². The number of aliphatic imine (C=N–C) groups is 1. The summed E-state index contributed by atoms with van der Waals surface area (Å²) in [5.74, 6) is 1.41. The van der Waals surface area contributed by atoms with E-state index in [1.165, 1.54) is 0 Å². The highest BCUT2D eigenvalue weighted by Gasteiger charge is 2.28. The normalized spacial score (nSPS) is 18.5. The van der Waals surface area contributed by atoms with Gasteiger partial charge in [0.25, 0.3) is 0 Å². The third-order valence-corrected chi connectivity index (χ3v) is 6.21. The standard InChI is InChI=1S/C23H36N6O3/c1-3-25-23(29-14-9-18(10-15-29)22(31)32-4-2)27-16-19-6-5-11-26-21(19)28-12-7-17(8-13-28)20(24)30/h5-6,11,17-18H,3-4,7-10,12-16H2,1-2H3,(H2,24,30)(H,25,27). The molecule has 1 aromatic heterocycles. The lowest BCUT2D eigenvalue weighted by atomic mass is 9.96. The second-order valence-electron chi connectivity index (χ2n) is 8.33. The van der Waals surface area contributed by atoms with Crippen LogP contribution in [0.2, 0.25) is 0 Å². The van der Waals surface area contributed by atoms with Crippen molar-refractivity contribution in [2.24, 2.45) is 22.6 Å². The van der Waals surface area contributed by atoms with Crippen LogP contribution in [-0.4, -0.2) is 67.1 Å². The molecule has 0 aromatic carbocycles. The molecule has 9 nitrogen and oxygen atoms in total. The van der Waals surface area contributed by atoms with Crippen LogP contribution >= 0.6 is 0 Å². The molecule has 2 saturated heterocycles.